The summed E-state index contributed by atoms with van der Waals surface area (Å²) >= 11 is 0. The molecular formula is C18H20O4S. The van der Waals surface area contributed by atoms with Crippen LogP contribution in [0.2, 0.25) is 0 Å². The summed E-state index contributed by atoms with van der Waals surface area (Å²) in [6, 6.07) is 16.2. The Bertz CT molecular complexity index is 734. The normalized spacial score (nSPS) is 11.3. The van der Waals surface area contributed by atoms with E-state index in [0.29, 0.717) is 17.7 Å². The molecular weight excluding hydrogens is 312 g/mol. The third-order valence-electron chi connectivity index (χ3n) is 3.64. The highest BCUT2D eigenvalue weighted by atomic mass is 32.2. The van der Waals surface area contributed by atoms with Crippen LogP contribution in [0.15, 0.2) is 59.5 Å². The molecule has 1 N–H and O–H groups in total. The quantitative estimate of drug-likeness (QED) is 0.806. The number of carbonyl (C=O) groups is 1. The Morgan fingerprint density at radius 1 is 0.870 bits per heavy atom. The molecule has 0 unspecified atom stereocenters. The lowest BCUT2D eigenvalue weighted by Gasteiger charge is -2.06. The molecule has 0 saturated carbocycles. The molecule has 0 spiro atoms. The fourth-order valence-electron chi connectivity index (χ4n) is 2.31. The van der Waals surface area contributed by atoms with Gasteiger partial charge in [0.25, 0.3) is 0 Å². The van der Waals surface area contributed by atoms with Gasteiger partial charge in [-0.2, -0.15) is 0 Å². The fraction of sp³-hybridized carbons (Fsp3) is 0.278. The van der Waals surface area contributed by atoms with Gasteiger partial charge in [0.1, 0.15) is 0 Å². The Hall–Kier alpha value is -2.14. The minimum Gasteiger partial charge on any atom is -0.481 e. The van der Waals surface area contributed by atoms with Crippen molar-refractivity contribution in [2.75, 3.05) is 5.75 Å². The van der Waals surface area contributed by atoms with Gasteiger partial charge in [-0.25, -0.2) is 8.42 Å². The minimum atomic E-state index is -3.26. The number of carboxylic acid groups (broad SMARTS) is 1. The molecule has 0 atom stereocenters. The van der Waals surface area contributed by atoms with Gasteiger partial charge in [0, 0.05) is 6.42 Å². The highest BCUT2D eigenvalue weighted by molar-refractivity contribution is 7.91. The van der Waals surface area contributed by atoms with Crippen molar-refractivity contribution in [2.24, 2.45) is 0 Å². The van der Waals surface area contributed by atoms with Crippen molar-refractivity contribution < 1.29 is 18.3 Å². The van der Waals surface area contributed by atoms with Gasteiger partial charge < -0.3 is 5.11 Å². The van der Waals surface area contributed by atoms with Gasteiger partial charge in [-0.15, -0.1) is 0 Å². The number of rotatable bonds is 8. The van der Waals surface area contributed by atoms with Crippen molar-refractivity contribution in [1.29, 1.82) is 0 Å². The smallest absolute Gasteiger partial charge is 0.303 e. The maximum atomic E-state index is 12.2. The highest BCUT2D eigenvalue weighted by Gasteiger charge is 2.13. The zero-order chi connectivity index (χ0) is 16.7. The summed E-state index contributed by atoms with van der Waals surface area (Å²) in [4.78, 5) is 10.8. The average molecular weight is 332 g/mol. The average Bonchev–Trinajstić information content (AvgIpc) is 2.55. The van der Waals surface area contributed by atoms with Crippen molar-refractivity contribution in [3.8, 4) is 0 Å². The van der Waals surface area contributed by atoms with Crippen LogP contribution in [0.25, 0.3) is 0 Å². The van der Waals surface area contributed by atoms with Crippen LogP contribution in [0.4, 0.5) is 0 Å². The van der Waals surface area contributed by atoms with Crippen molar-refractivity contribution >= 4 is 15.8 Å². The number of hydrogen-bond donors (Lipinski definition) is 1. The molecule has 5 heteroatoms. The lowest BCUT2D eigenvalue weighted by atomic mass is 10.1. The molecule has 0 aliphatic rings. The second kappa shape index (κ2) is 7.92. The molecule has 2 aromatic carbocycles. The number of benzene rings is 2. The van der Waals surface area contributed by atoms with Gasteiger partial charge in [0.05, 0.1) is 10.6 Å². The van der Waals surface area contributed by atoms with Gasteiger partial charge >= 0.3 is 5.97 Å². The van der Waals surface area contributed by atoms with Crippen molar-refractivity contribution in [3.63, 3.8) is 0 Å². The molecule has 0 fully saturated rings. The zero-order valence-electron chi connectivity index (χ0n) is 12.8. The molecule has 0 aliphatic heterocycles. The van der Waals surface area contributed by atoms with E-state index in [1.165, 1.54) is 0 Å². The Morgan fingerprint density at radius 2 is 1.43 bits per heavy atom. The van der Waals surface area contributed by atoms with E-state index >= 15 is 0 Å². The van der Waals surface area contributed by atoms with E-state index in [1.807, 2.05) is 24.3 Å². The molecule has 2 aromatic rings. The summed E-state index contributed by atoms with van der Waals surface area (Å²) < 4.78 is 24.4. The minimum absolute atomic E-state index is 0.0787. The zero-order valence-corrected chi connectivity index (χ0v) is 13.6. The number of aliphatic carboxylic acids is 1. The molecule has 0 heterocycles. The molecule has 23 heavy (non-hydrogen) atoms. The topological polar surface area (TPSA) is 71.4 Å². The first-order valence-corrected chi connectivity index (χ1v) is 9.20. The van der Waals surface area contributed by atoms with Crippen molar-refractivity contribution in [3.05, 3.63) is 65.7 Å². The Kier molecular flexibility index (Phi) is 5.93. The van der Waals surface area contributed by atoms with Crippen LogP contribution in [0, 0.1) is 0 Å². The van der Waals surface area contributed by atoms with Crippen LogP contribution in [0.1, 0.15) is 24.0 Å². The summed E-state index contributed by atoms with van der Waals surface area (Å²) in [6.07, 6.45) is 1.95. The summed E-state index contributed by atoms with van der Waals surface area (Å²) in [7, 11) is -3.26. The molecule has 0 radical (unpaired) electrons. The summed E-state index contributed by atoms with van der Waals surface area (Å²) in [5.41, 5.74) is 2.03. The lowest BCUT2D eigenvalue weighted by Crippen LogP contribution is -2.09. The van der Waals surface area contributed by atoms with Crippen LogP contribution in [-0.2, 0) is 27.5 Å². The molecule has 4 nitrogen and oxygen atoms in total. The lowest BCUT2D eigenvalue weighted by molar-refractivity contribution is -0.137. The second-order valence-electron chi connectivity index (χ2n) is 5.45. The third kappa shape index (κ3) is 5.53. The molecule has 0 aliphatic carbocycles. The SMILES string of the molecule is O=C(O)CCCc1ccc(CCS(=O)(=O)c2ccccc2)cc1. The standard InChI is InChI=1S/C18H20O4S/c19-18(20)8-4-5-15-9-11-16(12-10-15)13-14-23(21,22)17-6-2-1-3-7-17/h1-3,6-7,9-12H,4-5,8,13-14H2,(H,19,20). The van der Waals surface area contributed by atoms with Crippen LogP contribution < -0.4 is 0 Å². The predicted molar refractivity (Wildman–Crippen MR) is 89.2 cm³/mol. The molecule has 0 aromatic heterocycles. The monoisotopic (exact) mass is 332 g/mol. The van der Waals surface area contributed by atoms with E-state index in [1.54, 1.807) is 30.3 Å². The Labute approximate surface area is 136 Å². The van der Waals surface area contributed by atoms with Crippen LogP contribution in [0.5, 0.6) is 0 Å². The Balaban J connectivity index is 1.90. The molecule has 122 valence electrons. The van der Waals surface area contributed by atoms with Gasteiger partial charge in [-0.05, 0) is 42.5 Å². The summed E-state index contributed by atoms with van der Waals surface area (Å²) in [5.74, 6) is -0.706. The number of sulfone groups is 1. The highest BCUT2D eigenvalue weighted by Crippen LogP contribution is 2.14. The van der Waals surface area contributed by atoms with Crippen molar-refractivity contribution in [2.45, 2.75) is 30.6 Å². The van der Waals surface area contributed by atoms with E-state index in [0.717, 1.165) is 17.5 Å². The van der Waals surface area contributed by atoms with Gasteiger partial charge in [0.15, 0.2) is 9.84 Å². The van der Waals surface area contributed by atoms with Crippen molar-refractivity contribution in [1.82, 2.24) is 0 Å². The van der Waals surface area contributed by atoms with E-state index in [9.17, 15) is 13.2 Å². The maximum Gasteiger partial charge on any atom is 0.303 e. The van der Waals surface area contributed by atoms with Crippen LogP contribution in [-0.4, -0.2) is 25.2 Å². The van der Waals surface area contributed by atoms with E-state index in [2.05, 4.69) is 0 Å². The molecule has 0 saturated heterocycles. The second-order valence-corrected chi connectivity index (χ2v) is 7.55. The van der Waals surface area contributed by atoms with Crippen LogP contribution >= 0.6 is 0 Å². The molecule has 2 rings (SSSR count). The first-order valence-electron chi connectivity index (χ1n) is 7.55. The fourth-order valence-corrected chi connectivity index (χ4v) is 3.63. The maximum absolute atomic E-state index is 12.2. The number of carboxylic acids is 1. The summed E-state index contributed by atoms with van der Waals surface area (Å²) in [5, 5.41) is 8.62. The van der Waals surface area contributed by atoms with Gasteiger partial charge in [-0.1, -0.05) is 42.5 Å². The molecule has 0 bridgehead atoms. The van der Waals surface area contributed by atoms with E-state index < -0.39 is 15.8 Å². The first-order chi connectivity index (χ1) is 11.0. The first kappa shape index (κ1) is 17.2. The van der Waals surface area contributed by atoms with Gasteiger partial charge in [-0.3, -0.25) is 4.79 Å². The van der Waals surface area contributed by atoms with Gasteiger partial charge in [0.2, 0.25) is 0 Å². The van der Waals surface area contributed by atoms with Crippen LogP contribution in [0.3, 0.4) is 0 Å². The largest absolute Gasteiger partial charge is 0.481 e. The van der Waals surface area contributed by atoms with E-state index in [4.69, 9.17) is 5.11 Å². The summed E-state index contributed by atoms with van der Waals surface area (Å²) in [6.45, 7) is 0. The van der Waals surface area contributed by atoms with E-state index in [-0.39, 0.29) is 12.2 Å². The number of aryl methyl sites for hydroxylation is 2. The third-order valence-corrected chi connectivity index (χ3v) is 5.37. The predicted octanol–water partition coefficient (Wildman–Crippen LogP) is 3.11. The molecule has 0 amide bonds. The Morgan fingerprint density at radius 3 is 2.00 bits per heavy atom. The number of hydrogen-bond acceptors (Lipinski definition) is 3.